The van der Waals surface area contributed by atoms with Crippen molar-refractivity contribution in [3.8, 4) is 5.75 Å². The lowest BCUT2D eigenvalue weighted by atomic mass is 10.1. The number of thioether (sulfide) groups is 1. The highest BCUT2D eigenvalue weighted by atomic mass is 32.2. The predicted octanol–water partition coefficient (Wildman–Crippen LogP) is 4.22. The average Bonchev–Trinajstić information content (AvgIpc) is 3.28. The predicted molar refractivity (Wildman–Crippen MR) is 161 cm³/mol. The second kappa shape index (κ2) is 13.3. The van der Waals surface area contributed by atoms with E-state index in [0.717, 1.165) is 27.3 Å². The number of fused-ring (bicyclic) bond motifs is 1. The fraction of sp³-hybridized carbons (Fsp3) is 0.276. The van der Waals surface area contributed by atoms with Gasteiger partial charge in [0.2, 0.25) is 0 Å². The molecule has 1 aliphatic rings. The van der Waals surface area contributed by atoms with E-state index in [-0.39, 0.29) is 18.2 Å². The number of aliphatic hydroxyl groups excluding tert-OH is 1. The first-order chi connectivity index (χ1) is 20.6. The van der Waals surface area contributed by atoms with Gasteiger partial charge in [-0.25, -0.2) is 13.8 Å². The third-order valence-corrected chi connectivity index (χ3v) is 9.89. The van der Waals surface area contributed by atoms with Crippen molar-refractivity contribution in [3.63, 3.8) is 0 Å². The number of benzene rings is 3. The van der Waals surface area contributed by atoms with Gasteiger partial charge in [0.25, 0.3) is 0 Å². The van der Waals surface area contributed by atoms with Gasteiger partial charge in [-0.15, -0.1) is 11.8 Å². The van der Waals surface area contributed by atoms with Gasteiger partial charge in [-0.2, -0.15) is 10.1 Å². The normalized spacial score (nSPS) is 22.1. The maximum absolute atomic E-state index is 15.2. The summed E-state index contributed by atoms with van der Waals surface area (Å²) in [6.07, 6.45) is -2.14. The Labute approximate surface area is 250 Å². The van der Waals surface area contributed by atoms with Crippen LogP contribution in [0.15, 0.2) is 89.9 Å². The lowest BCUT2D eigenvalue weighted by Crippen LogP contribution is -2.36. The summed E-state index contributed by atoms with van der Waals surface area (Å²) in [5.41, 5.74) is 5.54. The number of aliphatic hydroxyl groups is 1. The Hall–Kier alpha value is -3.74. The molecule has 0 bridgehead atoms. The molecule has 3 aromatic carbocycles. The number of aromatic nitrogens is 2. The summed E-state index contributed by atoms with van der Waals surface area (Å²) >= 11 is 0.917. The van der Waals surface area contributed by atoms with Crippen molar-refractivity contribution < 1.29 is 32.6 Å². The molecule has 226 valence electrons. The summed E-state index contributed by atoms with van der Waals surface area (Å²) in [5.74, 6) is -0.503. The molecule has 1 fully saturated rings. The van der Waals surface area contributed by atoms with Crippen molar-refractivity contribution >= 4 is 42.1 Å². The Balaban J connectivity index is 1.34. The maximum Gasteiger partial charge on any atom is 0.459 e. The standard InChI is InChI=1S/C29H30FN4O7PS/c1-18(28(36)39-16-19-8-3-2-4-9-19)33-42(38,41-22-13-7-11-20-10-5-6-12-21(20)22)40-17-23-26(35)25(30)27(43-23)34-15-14-24(31)32-29(34)37/h2-15,18,23,25-27,35H,16-17H2,1H3,(H,33,38)(H2,31,32,37)/t18-,23+,25-,26+,27+,42?/m0/s1. The Kier molecular flexibility index (Phi) is 9.48. The number of nitrogens with one attached hydrogen (secondary N) is 1. The van der Waals surface area contributed by atoms with Gasteiger partial charge >= 0.3 is 19.4 Å². The van der Waals surface area contributed by atoms with Crippen LogP contribution in [0.4, 0.5) is 10.2 Å². The van der Waals surface area contributed by atoms with Crippen LogP contribution in [0.5, 0.6) is 5.75 Å². The highest BCUT2D eigenvalue weighted by Crippen LogP contribution is 2.50. The van der Waals surface area contributed by atoms with Gasteiger partial charge < -0.3 is 20.1 Å². The molecule has 6 atom stereocenters. The number of anilines is 1. The number of nitrogens with zero attached hydrogens (tertiary/aromatic N) is 2. The van der Waals surface area contributed by atoms with E-state index in [1.165, 1.54) is 19.2 Å². The van der Waals surface area contributed by atoms with Crippen molar-refractivity contribution in [1.82, 2.24) is 14.6 Å². The van der Waals surface area contributed by atoms with E-state index >= 15 is 4.39 Å². The van der Waals surface area contributed by atoms with E-state index < -0.39 is 55.0 Å². The van der Waals surface area contributed by atoms with E-state index in [2.05, 4.69) is 10.1 Å². The third-order valence-electron chi connectivity index (χ3n) is 6.73. The number of hydrogen-bond donors (Lipinski definition) is 3. The zero-order chi connectivity index (χ0) is 30.6. The Morgan fingerprint density at radius 2 is 1.86 bits per heavy atom. The molecule has 0 radical (unpaired) electrons. The average molecular weight is 629 g/mol. The lowest BCUT2D eigenvalue weighted by molar-refractivity contribution is -0.146. The molecule has 11 nitrogen and oxygen atoms in total. The van der Waals surface area contributed by atoms with E-state index in [1.807, 2.05) is 36.4 Å². The molecule has 0 amide bonds. The van der Waals surface area contributed by atoms with Gasteiger partial charge in [0.15, 0.2) is 6.17 Å². The first-order valence-electron chi connectivity index (χ1n) is 13.4. The smallest absolute Gasteiger partial charge is 0.459 e. The van der Waals surface area contributed by atoms with E-state index in [4.69, 9.17) is 19.5 Å². The fourth-order valence-corrected chi connectivity index (χ4v) is 7.55. The van der Waals surface area contributed by atoms with Crippen LogP contribution >= 0.6 is 19.5 Å². The molecule has 0 spiro atoms. The maximum atomic E-state index is 15.2. The minimum absolute atomic E-state index is 0.00454. The zero-order valence-electron chi connectivity index (χ0n) is 23.0. The van der Waals surface area contributed by atoms with Crippen molar-refractivity contribution in [3.05, 3.63) is 101 Å². The van der Waals surface area contributed by atoms with Gasteiger partial charge in [-0.05, 0) is 30.0 Å². The van der Waals surface area contributed by atoms with Gasteiger partial charge in [-0.3, -0.25) is 13.9 Å². The van der Waals surface area contributed by atoms with Crippen LogP contribution in [0.2, 0.25) is 0 Å². The third kappa shape index (κ3) is 7.26. The largest absolute Gasteiger partial charge is 0.460 e. The number of halogens is 1. The number of nitrogen functional groups attached to an aromatic ring is 1. The molecule has 43 heavy (non-hydrogen) atoms. The van der Waals surface area contributed by atoms with E-state index in [1.54, 1.807) is 36.4 Å². The lowest BCUT2D eigenvalue weighted by Gasteiger charge is -2.25. The minimum atomic E-state index is -4.35. The zero-order valence-corrected chi connectivity index (χ0v) is 24.7. The topological polar surface area (TPSA) is 155 Å². The highest BCUT2D eigenvalue weighted by Gasteiger charge is 2.46. The highest BCUT2D eigenvalue weighted by molar-refractivity contribution is 8.00. The number of hydrogen-bond acceptors (Lipinski definition) is 10. The molecule has 4 aromatic rings. The number of nitrogens with two attached hydrogens (primary N) is 1. The number of esters is 1. The molecule has 2 heterocycles. The molecule has 1 saturated heterocycles. The summed E-state index contributed by atoms with van der Waals surface area (Å²) in [7, 11) is -4.35. The van der Waals surface area contributed by atoms with Crippen molar-refractivity contribution in [2.45, 2.75) is 42.5 Å². The Bertz CT molecular complexity index is 1690. The molecule has 4 N–H and O–H groups in total. The van der Waals surface area contributed by atoms with Crippen molar-refractivity contribution in [2.24, 2.45) is 0 Å². The van der Waals surface area contributed by atoms with Gasteiger partial charge in [0, 0.05) is 11.6 Å². The quantitative estimate of drug-likeness (QED) is 0.162. The van der Waals surface area contributed by atoms with Crippen LogP contribution in [-0.2, 0) is 25.2 Å². The number of alkyl halides is 1. The Morgan fingerprint density at radius 1 is 1.14 bits per heavy atom. The summed E-state index contributed by atoms with van der Waals surface area (Å²) in [6.45, 7) is 1.01. The number of ether oxygens (including phenoxy) is 1. The summed E-state index contributed by atoms with van der Waals surface area (Å²) < 4.78 is 47.4. The van der Waals surface area contributed by atoms with Crippen LogP contribution in [0, 0.1) is 0 Å². The summed E-state index contributed by atoms with van der Waals surface area (Å²) in [4.78, 5) is 28.7. The monoisotopic (exact) mass is 628 g/mol. The molecule has 0 saturated carbocycles. The molecule has 5 rings (SSSR count). The van der Waals surface area contributed by atoms with Crippen LogP contribution in [0.25, 0.3) is 10.8 Å². The minimum Gasteiger partial charge on any atom is -0.460 e. The van der Waals surface area contributed by atoms with E-state index in [9.17, 15) is 19.3 Å². The molecular weight excluding hydrogens is 598 g/mol. The number of rotatable bonds is 11. The van der Waals surface area contributed by atoms with Gasteiger partial charge in [0.1, 0.15) is 35.7 Å². The van der Waals surface area contributed by atoms with Crippen LogP contribution < -0.4 is 21.0 Å². The Morgan fingerprint density at radius 3 is 2.63 bits per heavy atom. The summed E-state index contributed by atoms with van der Waals surface area (Å²) in [5, 5.41) is 12.7. The molecule has 1 unspecified atom stereocenters. The van der Waals surface area contributed by atoms with E-state index in [0.29, 0.717) is 5.39 Å². The van der Waals surface area contributed by atoms with Crippen molar-refractivity contribution in [1.29, 1.82) is 0 Å². The molecule has 0 aliphatic carbocycles. The molecule has 1 aromatic heterocycles. The first-order valence-corrected chi connectivity index (χ1v) is 15.8. The van der Waals surface area contributed by atoms with Crippen LogP contribution in [-0.4, -0.2) is 50.8 Å². The molecule has 1 aliphatic heterocycles. The molecular formula is C29H30FN4O7PS. The SMILES string of the molecule is C[C@H](NP(=O)(OC[C@H]1S[C@@H](n2ccc(N)nc2=O)[C@@H](F)[C@@H]1O)Oc1cccc2ccccc12)C(=O)OCc1ccccc1. The second-order valence-corrected chi connectivity index (χ2v) is 12.9. The second-order valence-electron chi connectivity index (χ2n) is 9.85. The fourth-order valence-electron chi connectivity index (χ4n) is 4.49. The van der Waals surface area contributed by atoms with Gasteiger partial charge in [0.05, 0.1) is 11.9 Å². The van der Waals surface area contributed by atoms with Crippen LogP contribution in [0.1, 0.15) is 17.9 Å². The number of carbonyl (C=O) groups is 1. The van der Waals surface area contributed by atoms with Crippen LogP contribution in [0.3, 0.4) is 0 Å². The molecule has 14 heteroatoms. The van der Waals surface area contributed by atoms with Crippen molar-refractivity contribution in [2.75, 3.05) is 12.3 Å². The first kappa shape index (κ1) is 30.7. The van der Waals surface area contributed by atoms with Gasteiger partial charge in [-0.1, -0.05) is 66.7 Å². The number of carbonyl (C=O) groups excluding carboxylic acids is 1. The summed E-state index contributed by atoms with van der Waals surface area (Å²) in [6, 6.07) is 21.7.